The molecule has 5 nitrogen and oxygen atoms in total. The fourth-order valence-corrected chi connectivity index (χ4v) is 2.19. The number of halogens is 1. The molecular weight excluding hydrogens is 220 g/mol. The van der Waals surface area contributed by atoms with Gasteiger partial charge in [0.05, 0.1) is 13.2 Å². The highest BCUT2D eigenvalue weighted by Gasteiger charge is 2.34. The summed E-state index contributed by atoms with van der Waals surface area (Å²) in [5.41, 5.74) is -1.08. The number of carbonyl (C=O) groups excluding carboxylic acids is 1. The van der Waals surface area contributed by atoms with E-state index in [4.69, 9.17) is 0 Å². The van der Waals surface area contributed by atoms with Crippen LogP contribution in [0.2, 0.25) is 0 Å². The van der Waals surface area contributed by atoms with Gasteiger partial charge >= 0.3 is 13.2 Å². The van der Waals surface area contributed by atoms with Crippen LogP contribution < -0.4 is 4.72 Å². The second kappa shape index (κ2) is 6.37. The number of carbonyl (C=O) groups is 1. The Kier molecular flexibility index (Phi) is 6.32. The summed E-state index contributed by atoms with van der Waals surface area (Å²) in [6.07, 6.45) is 0. The third-order valence-corrected chi connectivity index (χ3v) is 3.19. The number of hydrogen-bond donors (Lipinski definition) is 1. The largest absolute Gasteiger partial charge is 0.419 e. The van der Waals surface area contributed by atoms with Gasteiger partial charge in [-0.05, 0) is 13.8 Å². The van der Waals surface area contributed by atoms with Crippen LogP contribution in [0.4, 0.5) is 8.68 Å². The number of hydrogen-bond acceptors (Lipinski definition) is 5. The average Bonchev–Trinajstić information content (AvgIpc) is 2.05. The van der Waals surface area contributed by atoms with Crippen molar-refractivity contribution in [3.05, 3.63) is 0 Å². The van der Waals surface area contributed by atoms with Gasteiger partial charge in [-0.3, -0.25) is 9.52 Å². The quantitative estimate of drug-likeness (QED) is 0.562. The molecule has 0 rings (SSSR count). The Labute approximate surface area is 80.3 Å². The zero-order valence-corrected chi connectivity index (χ0v) is 8.99. The minimum atomic E-state index is -3.84. The number of amides is 1. The Hall–Kier alpha value is -0.100. The first-order valence-electron chi connectivity index (χ1n) is 3.58. The van der Waals surface area contributed by atoms with Gasteiger partial charge in [0, 0.05) is 0 Å². The average molecular weight is 231 g/mol. The van der Waals surface area contributed by atoms with Crippen molar-refractivity contribution >= 4 is 25.6 Å². The standard InChI is InChI=1S/C5H11FNO4PS/c1-3-10-12(9,11-4-2)5(8)7-13-6/h3-4H2,1-2H3,(H,7,8). The summed E-state index contributed by atoms with van der Waals surface area (Å²) in [6, 6.07) is 0. The van der Waals surface area contributed by atoms with E-state index in [0.717, 1.165) is 0 Å². The summed E-state index contributed by atoms with van der Waals surface area (Å²) in [7, 11) is -3.84. The van der Waals surface area contributed by atoms with Gasteiger partial charge < -0.3 is 9.05 Å². The second-order valence-electron chi connectivity index (χ2n) is 1.82. The van der Waals surface area contributed by atoms with E-state index in [1.165, 1.54) is 0 Å². The molecule has 0 fully saturated rings. The van der Waals surface area contributed by atoms with Crippen LogP contribution >= 0.6 is 19.9 Å². The molecule has 0 aromatic rings. The fourth-order valence-electron chi connectivity index (χ4n) is 0.583. The summed E-state index contributed by atoms with van der Waals surface area (Å²) < 4.78 is 34.0. The third kappa shape index (κ3) is 4.08. The molecule has 0 radical (unpaired) electrons. The van der Waals surface area contributed by atoms with Gasteiger partial charge in [-0.25, -0.2) is 4.57 Å². The molecule has 0 saturated heterocycles. The Morgan fingerprint density at radius 3 is 2.23 bits per heavy atom. The molecule has 0 heterocycles. The monoisotopic (exact) mass is 231 g/mol. The van der Waals surface area contributed by atoms with E-state index in [2.05, 4.69) is 9.05 Å². The molecule has 1 N–H and O–H groups in total. The lowest BCUT2D eigenvalue weighted by Gasteiger charge is -2.13. The van der Waals surface area contributed by atoms with Crippen molar-refractivity contribution in [1.82, 2.24) is 4.72 Å². The molecule has 13 heavy (non-hydrogen) atoms. The van der Waals surface area contributed by atoms with Crippen molar-refractivity contribution in [2.75, 3.05) is 13.2 Å². The lowest BCUT2D eigenvalue weighted by atomic mass is 10.9. The van der Waals surface area contributed by atoms with Crippen molar-refractivity contribution < 1.29 is 22.3 Å². The van der Waals surface area contributed by atoms with Gasteiger partial charge in [0.25, 0.3) is 0 Å². The maximum Gasteiger partial charge on any atom is 0.419 e. The highest BCUT2D eigenvalue weighted by atomic mass is 32.2. The van der Waals surface area contributed by atoms with Gasteiger partial charge in [-0.2, -0.15) is 0 Å². The molecule has 0 spiro atoms. The maximum absolute atomic E-state index is 11.6. The Morgan fingerprint density at radius 2 is 1.92 bits per heavy atom. The Balaban J connectivity index is 4.38. The molecule has 0 unspecified atom stereocenters. The summed E-state index contributed by atoms with van der Waals surface area (Å²) >= 11 is -0.443. The first-order valence-corrected chi connectivity index (χ1v) is 5.83. The topological polar surface area (TPSA) is 64.6 Å². The van der Waals surface area contributed by atoms with Crippen LogP contribution in [0.5, 0.6) is 0 Å². The normalized spacial score (nSPS) is 11.3. The van der Waals surface area contributed by atoms with Gasteiger partial charge in [0.1, 0.15) is 0 Å². The minimum Gasteiger partial charge on any atom is -0.302 e. The smallest absolute Gasteiger partial charge is 0.302 e. The predicted octanol–water partition coefficient (Wildman–Crippen LogP) is 2.49. The van der Waals surface area contributed by atoms with Crippen LogP contribution in [0.1, 0.15) is 13.8 Å². The summed E-state index contributed by atoms with van der Waals surface area (Å²) in [6.45, 7) is 3.23. The van der Waals surface area contributed by atoms with Crippen molar-refractivity contribution in [1.29, 1.82) is 0 Å². The van der Waals surface area contributed by atoms with Gasteiger partial charge in [0.15, 0.2) is 12.3 Å². The van der Waals surface area contributed by atoms with Crippen molar-refractivity contribution in [2.24, 2.45) is 0 Å². The maximum atomic E-state index is 11.6. The SMILES string of the molecule is CCOP(=O)(OCC)C(=O)NSF. The van der Waals surface area contributed by atoms with Crippen LogP contribution in [0.3, 0.4) is 0 Å². The van der Waals surface area contributed by atoms with Crippen LogP contribution in [-0.2, 0) is 13.6 Å². The summed E-state index contributed by atoms with van der Waals surface area (Å²) in [5, 5.41) is 0. The summed E-state index contributed by atoms with van der Waals surface area (Å²) in [4.78, 5) is 11.0. The molecule has 1 amide bonds. The molecule has 8 heteroatoms. The molecule has 0 aliphatic heterocycles. The van der Waals surface area contributed by atoms with Crippen LogP contribution in [0, 0.1) is 0 Å². The second-order valence-corrected chi connectivity index (χ2v) is 4.09. The molecule has 0 aromatic heterocycles. The van der Waals surface area contributed by atoms with E-state index in [-0.39, 0.29) is 13.2 Å². The molecule has 0 saturated carbocycles. The minimum absolute atomic E-state index is 0.0572. The number of rotatable bonds is 6. The van der Waals surface area contributed by atoms with E-state index in [0.29, 0.717) is 0 Å². The Morgan fingerprint density at radius 1 is 1.46 bits per heavy atom. The molecule has 0 aliphatic rings. The van der Waals surface area contributed by atoms with Gasteiger partial charge in [-0.15, -0.1) is 3.89 Å². The van der Waals surface area contributed by atoms with E-state index < -0.39 is 25.6 Å². The van der Waals surface area contributed by atoms with Crippen LogP contribution in [-0.4, -0.2) is 18.9 Å². The summed E-state index contributed by atoms with van der Waals surface area (Å²) in [5.74, 6) is 0. The number of nitrogens with one attached hydrogen (secondary N) is 1. The fraction of sp³-hybridized carbons (Fsp3) is 0.800. The molecule has 0 atom stereocenters. The van der Waals surface area contributed by atoms with Gasteiger partial charge in [0.2, 0.25) is 0 Å². The van der Waals surface area contributed by atoms with Crippen LogP contribution in [0.15, 0.2) is 0 Å². The van der Waals surface area contributed by atoms with E-state index in [1.807, 2.05) is 0 Å². The van der Waals surface area contributed by atoms with E-state index >= 15 is 0 Å². The molecule has 78 valence electrons. The zero-order valence-electron chi connectivity index (χ0n) is 7.28. The van der Waals surface area contributed by atoms with E-state index in [1.54, 1.807) is 18.6 Å². The highest BCUT2D eigenvalue weighted by Crippen LogP contribution is 2.48. The molecule has 0 aromatic carbocycles. The lowest BCUT2D eigenvalue weighted by molar-refractivity contribution is 0.209. The first kappa shape index (κ1) is 12.9. The van der Waals surface area contributed by atoms with Crippen molar-refractivity contribution in [2.45, 2.75) is 13.8 Å². The van der Waals surface area contributed by atoms with E-state index in [9.17, 15) is 13.2 Å². The zero-order chi connectivity index (χ0) is 10.3. The Bertz CT molecular complexity index is 205. The predicted molar refractivity (Wildman–Crippen MR) is 48.1 cm³/mol. The van der Waals surface area contributed by atoms with Crippen molar-refractivity contribution in [3.63, 3.8) is 0 Å². The third-order valence-electron chi connectivity index (χ3n) is 0.973. The first-order chi connectivity index (χ1) is 6.10. The van der Waals surface area contributed by atoms with Crippen molar-refractivity contribution in [3.8, 4) is 0 Å². The molecular formula is C5H11FNO4PS. The highest BCUT2D eigenvalue weighted by molar-refractivity contribution is 7.94. The molecule has 0 aliphatic carbocycles. The molecule has 0 bridgehead atoms. The lowest BCUT2D eigenvalue weighted by Crippen LogP contribution is -2.16. The van der Waals surface area contributed by atoms with Gasteiger partial charge in [-0.1, -0.05) is 0 Å². The van der Waals surface area contributed by atoms with Crippen LogP contribution in [0.25, 0.3) is 0 Å².